The number of hydrogen-bond acceptors (Lipinski definition) is 4. The number of rotatable bonds is 9. The van der Waals surface area contributed by atoms with Crippen LogP contribution in [0, 0.1) is 0 Å². The Hall–Kier alpha value is -2.31. The molecule has 2 N–H and O–H groups in total. The summed E-state index contributed by atoms with van der Waals surface area (Å²) in [5.74, 6) is 1.73. The fourth-order valence-electron chi connectivity index (χ4n) is 2.67. The number of nitrogens with zero attached hydrogens (tertiary/aromatic N) is 2. The number of aliphatic imine (C=N–C) groups is 1. The molecule has 0 unspecified atom stereocenters. The fourth-order valence-corrected chi connectivity index (χ4v) is 2.67. The van der Waals surface area contributed by atoms with Crippen molar-refractivity contribution in [3.8, 4) is 0 Å². The number of furan rings is 1. The summed E-state index contributed by atoms with van der Waals surface area (Å²) in [4.78, 5) is 6.54. The van der Waals surface area contributed by atoms with Crippen molar-refractivity contribution < 1.29 is 9.15 Å². The van der Waals surface area contributed by atoms with E-state index in [1.807, 2.05) is 26.0 Å². The van der Waals surface area contributed by atoms with Crippen LogP contribution in [0.3, 0.4) is 0 Å². The van der Waals surface area contributed by atoms with Crippen molar-refractivity contribution in [1.29, 1.82) is 0 Å². The molecule has 0 amide bonds. The lowest BCUT2D eigenvalue weighted by Gasteiger charge is -2.24. The fraction of sp³-hybridized carbons (Fsp3) is 0.476. The lowest BCUT2D eigenvalue weighted by molar-refractivity contribution is 0.0268. The molecule has 1 aromatic carbocycles. The Bertz CT molecular complexity index is 711. The van der Waals surface area contributed by atoms with Gasteiger partial charge in [-0.15, -0.1) is 0 Å². The van der Waals surface area contributed by atoms with Gasteiger partial charge in [-0.05, 0) is 44.2 Å². The molecule has 0 aliphatic heterocycles. The summed E-state index contributed by atoms with van der Waals surface area (Å²) in [6.45, 7) is 7.09. The van der Waals surface area contributed by atoms with Crippen LogP contribution in [0.25, 0.3) is 0 Å². The Morgan fingerprint density at radius 2 is 1.85 bits per heavy atom. The summed E-state index contributed by atoms with van der Waals surface area (Å²) in [5.41, 5.74) is 2.29. The smallest absolute Gasteiger partial charge is 0.191 e. The van der Waals surface area contributed by atoms with Crippen molar-refractivity contribution in [2.45, 2.75) is 39.1 Å². The molecule has 0 atom stereocenters. The Labute approximate surface area is 162 Å². The Morgan fingerprint density at radius 3 is 2.48 bits per heavy atom. The van der Waals surface area contributed by atoms with Crippen molar-refractivity contribution in [1.82, 2.24) is 15.5 Å². The second-order valence-electron chi connectivity index (χ2n) is 7.26. The van der Waals surface area contributed by atoms with Crippen molar-refractivity contribution in [3.05, 3.63) is 59.5 Å². The molecule has 0 radical (unpaired) electrons. The lowest BCUT2D eigenvalue weighted by atomic mass is 10.1. The third kappa shape index (κ3) is 7.07. The number of hydrogen-bond donors (Lipinski definition) is 2. The van der Waals surface area contributed by atoms with Crippen LogP contribution in [0.15, 0.2) is 52.1 Å². The second-order valence-corrected chi connectivity index (χ2v) is 7.26. The number of nitrogens with one attached hydrogen (secondary N) is 2. The maximum atomic E-state index is 5.44. The van der Waals surface area contributed by atoms with Gasteiger partial charge in [0.2, 0.25) is 0 Å². The molecule has 27 heavy (non-hydrogen) atoms. The maximum absolute atomic E-state index is 5.44. The average molecular weight is 373 g/mol. The third-order valence-electron chi connectivity index (χ3n) is 4.47. The highest BCUT2D eigenvalue weighted by molar-refractivity contribution is 5.79. The van der Waals surface area contributed by atoms with Crippen LogP contribution in [0.2, 0.25) is 0 Å². The van der Waals surface area contributed by atoms with E-state index >= 15 is 0 Å². The maximum Gasteiger partial charge on any atom is 0.191 e. The van der Waals surface area contributed by atoms with Gasteiger partial charge in [-0.25, -0.2) is 0 Å². The SMILES string of the molecule is CN=C(NCc1ccccc1CN(C)Cc1ccco1)NCC(C)(C)OC. The van der Waals surface area contributed by atoms with Gasteiger partial charge in [0.1, 0.15) is 5.76 Å². The molecule has 0 spiro atoms. The molecule has 0 bridgehead atoms. The molecular formula is C21H32N4O2. The first-order chi connectivity index (χ1) is 12.9. The molecule has 6 heteroatoms. The normalized spacial score (nSPS) is 12.4. The molecule has 2 rings (SSSR count). The summed E-state index contributed by atoms with van der Waals surface area (Å²) in [7, 11) is 5.59. The summed E-state index contributed by atoms with van der Waals surface area (Å²) in [6.07, 6.45) is 1.71. The highest BCUT2D eigenvalue weighted by atomic mass is 16.5. The number of ether oxygens (including phenoxy) is 1. The minimum atomic E-state index is -0.246. The number of methoxy groups -OCH3 is 1. The molecule has 0 fully saturated rings. The van der Waals surface area contributed by atoms with Crippen LogP contribution in [0.4, 0.5) is 0 Å². The zero-order chi connectivity index (χ0) is 19.7. The lowest BCUT2D eigenvalue weighted by Crippen LogP contribution is -2.45. The minimum Gasteiger partial charge on any atom is -0.468 e. The van der Waals surface area contributed by atoms with Gasteiger partial charge < -0.3 is 19.8 Å². The summed E-state index contributed by atoms with van der Waals surface area (Å²) in [5, 5.41) is 6.70. The second kappa shape index (κ2) is 10.1. The predicted octanol–water partition coefficient (Wildman–Crippen LogP) is 3.00. The van der Waals surface area contributed by atoms with Crippen molar-refractivity contribution in [2.24, 2.45) is 4.99 Å². The molecule has 6 nitrogen and oxygen atoms in total. The van der Waals surface area contributed by atoms with Gasteiger partial charge in [0.15, 0.2) is 5.96 Å². The molecule has 0 aliphatic carbocycles. The van der Waals surface area contributed by atoms with Gasteiger partial charge in [0.25, 0.3) is 0 Å². The summed E-state index contributed by atoms with van der Waals surface area (Å²) in [6, 6.07) is 12.4. The van der Waals surface area contributed by atoms with E-state index in [0.29, 0.717) is 13.1 Å². The van der Waals surface area contributed by atoms with E-state index in [9.17, 15) is 0 Å². The van der Waals surface area contributed by atoms with Crippen molar-refractivity contribution in [2.75, 3.05) is 27.7 Å². The van der Waals surface area contributed by atoms with Crippen LogP contribution in [0.1, 0.15) is 30.7 Å². The van der Waals surface area contributed by atoms with Gasteiger partial charge in [-0.1, -0.05) is 24.3 Å². The van der Waals surface area contributed by atoms with Gasteiger partial charge >= 0.3 is 0 Å². The molecule has 148 valence electrons. The topological polar surface area (TPSA) is 62.0 Å². The molecular weight excluding hydrogens is 340 g/mol. The van der Waals surface area contributed by atoms with E-state index < -0.39 is 0 Å². The van der Waals surface area contributed by atoms with E-state index in [1.54, 1.807) is 20.4 Å². The Morgan fingerprint density at radius 1 is 1.11 bits per heavy atom. The van der Waals surface area contributed by atoms with Crippen LogP contribution < -0.4 is 10.6 Å². The Balaban J connectivity index is 1.92. The van der Waals surface area contributed by atoms with Gasteiger partial charge in [0, 0.05) is 33.8 Å². The van der Waals surface area contributed by atoms with Crippen LogP contribution >= 0.6 is 0 Å². The van der Waals surface area contributed by atoms with E-state index in [2.05, 4.69) is 51.8 Å². The highest BCUT2D eigenvalue weighted by Gasteiger charge is 2.16. The average Bonchev–Trinajstić information content (AvgIpc) is 3.16. The first kappa shape index (κ1) is 21.0. The minimum absolute atomic E-state index is 0.246. The first-order valence-corrected chi connectivity index (χ1v) is 9.21. The molecule has 0 aliphatic rings. The number of guanidine groups is 1. The van der Waals surface area contributed by atoms with Crippen molar-refractivity contribution in [3.63, 3.8) is 0 Å². The van der Waals surface area contributed by atoms with Gasteiger partial charge in [-0.3, -0.25) is 9.89 Å². The van der Waals surface area contributed by atoms with Crippen LogP contribution in [-0.4, -0.2) is 44.2 Å². The molecule has 1 heterocycles. The Kier molecular flexibility index (Phi) is 7.88. The largest absolute Gasteiger partial charge is 0.468 e. The van der Waals surface area contributed by atoms with E-state index in [0.717, 1.165) is 24.8 Å². The molecule has 0 saturated heterocycles. The van der Waals surface area contributed by atoms with Crippen molar-refractivity contribution >= 4 is 5.96 Å². The quantitative estimate of drug-likeness (QED) is 0.523. The monoisotopic (exact) mass is 372 g/mol. The summed E-state index contributed by atoms with van der Waals surface area (Å²) >= 11 is 0. The van der Waals surface area contributed by atoms with Gasteiger partial charge in [0.05, 0.1) is 18.4 Å². The predicted molar refractivity (Wildman–Crippen MR) is 110 cm³/mol. The van der Waals surface area contributed by atoms with Crippen LogP contribution in [-0.2, 0) is 24.4 Å². The molecule has 0 saturated carbocycles. The molecule has 1 aromatic heterocycles. The first-order valence-electron chi connectivity index (χ1n) is 9.21. The highest BCUT2D eigenvalue weighted by Crippen LogP contribution is 2.13. The van der Waals surface area contributed by atoms with E-state index in [1.165, 1.54) is 11.1 Å². The summed E-state index contributed by atoms with van der Waals surface area (Å²) < 4.78 is 10.9. The third-order valence-corrected chi connectivity index (χ3v) is 4.47. The number of benzene rings is 1. The van der Waals surface area contributed by atoms with E-state index in [4.69, 9.17) is 9.15 Å². The zero-order valence-electron chi connectivity index (χ0n) is 17.1. The van der Waals surface area contributed by atoms with Gasteiger partial charge in [-0.2, -0.15) is 0 Å². The zero-order valence-corrected chi connectivity index (χ0v) is 17.1. The standard InChI is InChI=1S/C21H32N4O2/c1-21(2,26-5)16-24-20(22-3)23-13-17-9-6-7-10-18(17)14-25(4)15-19-11-8-12-27-19/h6-12H,13-16H2,1-5H3,(H2,22,23,24). The molecule has 2 aromatic rings. The van der Waals surface area contributed by atoms with Crippen LogP contribution in [0.5, 0.6) is 0 Å². The van der Waals surface area contributed by atoms with E-state index in [-0.39, 0.29) is 5.60 Å².